The van der Waals surface area contributed by atoms with Gasteiger partial charge in [0.05, 0.1) is 150 Å². The van der Waals surface area contributed by atoms with Crippen LogP contribution in [0.2, 0.25) is 0 Å². The van der Waals surface area contributed by atoms with Gasteiger partial charge in [-0.15, -0.1) is 0 Å². The molecule has 726 valence electrons. The zero-order valence-corrected chi connectivity index (χ0v) is 97.0. The number of anilines is 13. The largest absolute Gasteiger partial charge is 0.385 e. The minimum atomic E-state index is 0.0463. The van der Waals surface area contributed by atoms with Gasteiger partial charge in [-0.25, -0.2) is 0 Å². The van der Waals surface area contributed by atoms with Crippen molar-refractivity contribution in [2.45, 2.75) is 282 Å². The third-order valence-electron chi connectivity index (χ3n) is 21.6. The van der Waals surface area contributed by atoms with Gasteiger partial charge in [0, 0.05) is 133 Å². The molecule has 0 bridgehead atoms. The molecule has 0 amide bonds. The Morgan fingerprint density at radius 3 is 0.883 bits per heavy atom. The Bertz CT molecular complexity index is 5020. The number of ether oxygens (including phenoxy) is 1. The number of likely N-dealkylation sites (N-methyl/N-ethyl adjacent to an activating group) is 1. The quantitative estimate of drug-likeness (QED) is 0.0136. The van der Waals surface area contributed by atoms with Crippen LogP contribution in [0.5, 0.6) is 0 Å². The highest BCUT2D eigenvalue weighted by atomic mass is 32.1. The lowest BCUT2D eigenvalue weighted by Crippen LogP contribution is -2.31. The van der Waals surface area contributed by atoms with Crippen LogP contribution in [0, 0.1) is 95.6 Å². The van der Waals surface area contributed by atoms with Crippen LogP contribution in [-0.2, 0) is 10.2 Å². The van der Waals surface area contributed by atoms with Gasteiger partial charge in [-0.2, -0.15) is 0 Å². The van der Waals surface area contributed by atoms with Crippen molar-refractivity contribution >= 4 is 245 Å². The predicted octanol–water partition coefficient (Wildman–Crippen LogP) is 32.4. The number of nitrogens with one attached hydrogen (secondary N) is 8. The summed E-state index contributed by atoms with van der Waals surface area (Å²) >= 11 is 74.0. The smallest absolute Gasteiger partial charge is 0.0834 e. The topological polar surface area (TPSA) is 125 Å². The summed E-state index contributed by atoms with van der Waals surface area (Å²) in [6, 6.07) is 0. The summed E-state index contributed by atoms with van der Waals surface area (Å²) in [4.78, 5) is 13.4. The van der Waals surface area contributed by atoms with E-state index in [0.29, 0.717) is 32.5 Å². The van der Waals surface area contributed by atoms with E-state index in [0.717, 1.165) is 274 Å². The van der Waals surface area contributed by atoms with E-state index in [1.54, 1.807) is 0 Å². The Morgan fingerprint density at radius 1 is 0.266 bits per heavy atom. The highest BCUT2D eigenvalue weighted by Crippen LogP contribution is 2.42. The molecule has 7 aromatic rings. The summed E-state index contributed by atoms with van der Waals surface area (Å²) in [5, 5.41) is 26.6. The first-order chi connectivity index (χ1) is 59.1. The maximum Gasteiger partial charge on any atom is 0.0834 e. The van der Waals surface area contributed by atoms with E-state index in [2.05, 4.69) is 275 Å². The highest BCUT2D eigenvalue weighted by molar-refractivity contribution is 7.76. The standard InChI is InChI=1S/C19H34N2OS2.C15H26N2S2.C14H24N2S2.3C13H22N2S2.C12H20N2S2/c1-7-9-21(10-8-2)12-14-22-13-11-20(6)16-15(19(3,4)5)17(23)18(16)24;1-6-17(7-2)12-11(13(18)14(12)19)16-10-8-9-15(3,4)5;1-6-16(5)11-10(12(17)13(11)18)15-9-7-8-14(2,3)4;1-13(2,3)7-6-8-14-9-10(15(4)5)12(17)11(9)16;1-13(2,3)7-6-8-15(5)10-9(14-4)11(16)12(10)17;1-5-14-9-10(12(17)11(9)16)15-8-6-7-13(2,3)4;1-12(2,3)6-5-7-14-9-8(13-4)10(15)11(9)16/h7-14H2,1-6H3;16H,6-10H2,1-5H3;15H,6-9H2,1-5H3;2*14H,6-8H2,1-5H3;14-15H,5-8H2,1-4H3;13-14H,5-7H2,1-4H3. The first-order valence-corrected chi connectivity index (χ1v) is 52.3. The van der Waals surface area contributed by atoms with Gasteiger partial charge in [-0.1, -0.05) is 330 Å². The van der Waals surface area contributed by atoms with E-state index in [1.165, 1.54) is 63.4 Å². The van der Waals surface area contributed by atoms with Crippen molar-refractivity contribution in [3.05, 3.63) is 68.7 Å². The fraction of sp³-hybridized carbons (Fsp3) is 0.717. The summed E-state index contributed by atoms with van der Waals surface area (Å²) in [5.41, 5.74) is 17.6. The molecule has 0 fully saturated rings. The highest BCUT2D eigenvalue weighted by Gasteiger charge is 2.29. The first kappa shape index (κ1) is 123. The molecule has 29 heteroatoms. The monoisotopic (exact) mass is 2020 g/mol. The van der Waals surface area contributed by atoms with Crippen LogP contribution in [0.1, 0.15) is 282 Å². The Balaban J connectivity index is 0.000000749. The lowest BCUT2D eigenvalue weighted by atomic mass is 9.83. The van der Waals surface area contributed by atoms with Gasteiger partial charge in [0.1, 0.15) is 0 Å². The molecule has 7 aromatic carbocycles. The predicted molar refractivity (Wildman–Crippen MR) is 611 cm³/mol. The molecule has 0 saturated carbocycles. The number of rotatable bonds is 45. The second-order valence-electron chi connectivity index (χ2n) is 42.0. The fourth-order valence-electron chi connectivity index (χ4n) is 14.2. The minimum Gasteiger partial charge on any atom is -0.385 e. The Labute approximate surface area is 851 Å². The molecule has 0 spiro atoms. The molecule has 7 rings (SSSR count). The number of hydrogen-bond donors (Lipinski definition) is 8. The molecule has 8 N–H and O–H groups in total. The molecule has 0 aliphatic heterocycles. The van der Waals surface area contributed by atoms with Crippen LogP contribution < -0.4 is 67.0 Å². The van der Waals surface area contributed by atoms with Gasteiger partial charge < -0.3 is 76.7 Å². The molecule has 0 radical (unpaired) electrons. The summed E-state index contributed by atoms with van der Waals surface area (Å²) in [6.45, 7) is 75.6. The average Bonchev–Trinajstić information content (AvgIpc) is 0.740. The van der Waals surface area contributed by atoms with Crippen molar-refractivity contribution in [3.63, 3.8) is 0 Å². The third-order valence-corrected chi connectivity index (χ3v) is 28.2. The van der Waals surface area contributed by atoms with E-state index in [-0.39, 0.29) is 5.41 Å². The van der Waals surface area contributed by atoms with Gasteiger partial charge in [-0.05, 0) is 169 Å². The lowest BCUT2D eigenvalue weighted by molar-refractivity contribution is 0.108. The van der Waals surface area contributed by atoms with E-state index in [9.17, 15) is 0 Å². The number of hydrogen-bond acceptors (Lipinski definition) is 29. The van der Waals surface area contributed by atoms with Gasteiger partial charge >= 0.3 is 0 Å². The molecule has 0 unspecified atom stereocenters. The third kappa shape index (κ3) is 41.8. The van der Waals surface area contributed by atoms with Gasteiger partial charge in [-0.3, -0.25) is 0 Å². The molecule has 0 heterocycles. The van der Waals surface area contributed by atoms with Crippen LogP contribution in [0.4, 0.5) is 73.9 Å². The Morgan fingerprint density at radius 2 is 0.547 bits per heavy atom. The van der Waals surface area contributed by atoms with Crippen LogP contribution in [0.25, 0.3) is 0 Å². The van der Waals surface area contributed by atoms with Crippen LogP contribution in [0.3, 0.4) is 0 Å². The first-order valence-electron chi connectivity index (χ1n) is 46.6. The van der Waals surface area contributed by atoms with E-state index in [4.69, 9.17) is 176 Å². The van der Waals surface area contributed by atoms with Gasteiger partial charge in [0.2, 0.25) is 0 Å². The molecular formula is C99H170N14OS14. The van der Waals surface area contributed by atoms with Crippen LogP contribution >= 0.6 is 171 Å². The molecule has 0 saturated heterocycles. The van der Waals surface area contributed by atoms with Crippen molar-refractivity contribution in [3.8, 4) is 0 Å². The second-order valence-corrected chi connectivity index (χ2v) is 47.7. The van der Waals surface area contributed by atoms with Crippen molar-refractivity contribution in [2.75, 3.05) is 221 Å². The molecule has 0 atom stereocenters. The molecule has 15 nitrogen and oxygen atoms in total. The van der Waals surface area contributed by atoms with Crippen molar-refractivity contribution < 1.29 is 4.74 Å². The lowest BCUT2D eigenvalue weighted by Gasteiger charge is -2.32. The van der Waals surface area contributed by atoms with Gasteiger partial charge in [0.25, 0.3) is 0 Å². The minimum absolute atomic E-state index is 0.0463. The van der Waals surface area contributed by atoms with E-state index >= 15 is 0 Å². The summed E-state index contributed by atoms with van der Waals surface area (Å²) in [6.07, 6.45) is 16.6. The Hall–Kier alpha value is -3.24. The summed E-state index contributed by atoms with van der Waals surface area (Å²) in [5.74, 6) is 0. The summed E-state index contributed by atoms with van der Waals surface area (Å²) in [7, 11) is 14.0. The molecule has 0 aliphatic rings. The van der Waals surface area contributed by atoms with Crippen LogP contribution in [-0.4, -0.2) is 159 Å². The summed E-state index contributed by atoms with van der Waals surface area (Å²) < 4.78 is 17.4. The van der Waals surface area contributed by atoms with E-state index < -0.39 is 0 Å². The van der Waals surface area contributed by atoms with E-state index in [1.807, 2.05) is 33.1 Å². The molecule has 128 heavy (non-hydrogen) atoms. The maximum atomic E-state index is 5.85. The molecular weight excluding hydrogens is 1850 g/mol. The maximum absolute atomic E-state index is 5.85. The zero-order chi connectivity index (χ0) is 98.7. The van der Waals surface area contributed by atoms with Gasteiger partial charge in [0.15, 0.2) is 0 Å². The average molecular weight is 2020 g/mol. The van der Waals surface area contributed by atoms with Crippen molar-refractivity contribution in [2.24, 2.45) is 32.5 Å². The number of nitrogens with zero attached hydrogens (tertiary/aromatic N) is 6. The molecule has 0 aliphatic carbocycles. The van der Waals surface area contributed by atoms with Crippen molar-refractivity contribution in [1.82, 2.24) is 4.90 Å². The van der Waals surface area contributed by atoms with Crippen molar-refractivity contribution in [1.29, 1.82) is 0 Å². The van der Waals surface area contributed by atoms with Crippen LogP contribution in [0.15, 0.2) is 0 Å². The molecule has 0 aromatic heterocycles. The fourth-order valence-corrected chi connectivity index (χ4v) is 18.8. The SMILES string of the molecule is CCCN(CCC)CCOCCN(C)c1c(C(C)(C)C)c(=S)c1=S.CCN(C)c1c(NCCCC(C)(C)C)c(=S)c1=S.CCN(CC)c1c(NCCCC(C)(C)C)c(=S)c1=S.CCNc1c(NCCCC(C)(C)C)c(=S)c1=S.CN(C)c1c(NCCCC(C)(C)C)c(=S)c1=S.CNc1c(N(C)CCCC(C)(C)C)c(=S)c1=S.CNc1c(NCCCC(C)(C)C)c(=S)c1=S. The normalized spacial score (nSPS) is 11.9. The Kier molecular flexibility index (Phi) is 55.4. The second kappa shape index (κ2) is 57.7. The zero-order valence-electron chi connectivity index (χ0n) is 85.5.